The largest absolute Gasteiger partial charge is 0.459 e. The van der Waals surface area contributed by atoms with Crippen molar-refractivity contribution >= 4 is 36.6 Å². The van der Waals surface area contributed by atoms with Crippen LogP contribution in [0.4, 0.5) is 5.69 Å². The van der Waals surface area contributed by atoms with E-state index >= 15 is 0 Å². The zero-order valence-corrected chi connectivity index (χ0v) is 34.9. The first kappa shape index (κ1) is 42.2. The normalized spacial score (nSPS) is 23.0. The zero-order chi connectivity index (χ0) is 37.3. The van der Waals surface area contributed by atoms with Crippen LogP contribution in [0.2, 0.25) is 54.4 Å². The van der Waals surface area contributed by atoms with Crippen LogP contribution in [0.3, 0.4) is 0 Å². The summed E-state index contributed by atoms with van der Waals surface area (Å²) in [6.07, 6.45) is -3.93. The molecule has 1 aromatic carbocycles. The number of nitro benzene ring substituents is 1. The number of ether oxygens (including phenoxy) is 3. The van der Waals surface area contributed by atoms with Crippen molar-refractivity contribution in [3.8, 4) is 5.75 Å². The van der Waals surface area contributed by atoms with Gasteiger partial charge in [-0.3, -0.25) is 10.1 Å². The predicted octanol–water partition coefficient (Wildman–Crippen LogP) is 8.09. The highest BCUT2D eigenvalue weighted by Crippen LogP contribution is 2.46. The number of hydrogen-bond acceptors (Lipinski definition) is 10. The summed E-state index contributed by atoms with van der Waals surface area (Å²) in [6.45, 7) is 34.9. The van der Waals surface area contributed by atoms with Gasteiger partial charge in [-0.2, -0.15) is 0 Å². The third-order valence-corrected chi connectivity index (χ3v) is 23.8. The fraction of sp³-hybridized carbons (Fsp3) is 0.735. The van der Waals surface area contributed by atoms with Crippen LogP contribution in [-0.2, 0) is 34.2 Å². The minimum absolute atomic E-state index is 0.0528. The second-order valence-corrected chi connectivity index (χ2v) is 31.5. The van der Waals surface area contributed by atoms with Crippen LogP contribution in [0, 0.1) is 10.1 Å². The molecule has 1 saturated heterocycles. The predicted molar refractivity (Wildman–Crippen MR) is 196 cm³/mol. The minimum Gasteiger partial charge on any atom is -0.459 e. The Morgan fingerprint density at radius 3 is 1.75 bits per heavy atom. The first-order valence-electron chi connectivity index (χ1n) is 16.6. The van der Waals surface area contributed by atoms with Crippen molar-refractivity contribution in [2.45, 2.75) is 154 Å². The molecule has 2 rings (SSSR count). The van der Waals surface area contributed by atoms with Crippen LogP contribution in [0.15, 0.2) is 30.9 Å². The van der Waals surface area contributed by atoms with Gasteiger partial charge in [0, 0.05) is 6.07 Å². The summed E-state index contributed by atoms with van der Waals surface area (Å²) < 4.78 is 39.9. The van der Waals surface area contributed by atoms with Crippen LogP contribution in [0.1, 0.15) is 67.9 Å². The molecule has 1 aliphatic rings. The quantitative estimate of drug-likeness (QED) is 0.0698. The fourth-order valence-corrected chi connectivity index (χ4v) is 8.16. The van der Waals surface area contributed by atoms with Crippen molar-refractivity contribution < 1.29 is 42.3 Å². The van der Waals surface area contributed by atoms with Gasteiger partial charge in [-0.05, 0) is 66.0 Å². The van der Waals surface area contributed by atoms with Gasteiger partial charge in [0.2, 0.25) is 6.29 Å². The molecule has 1 aromatic rings. The molecule has 274 valence electrons. The van der Waals surface area contributed by atoms with E-state index in [4.69, 9.17) is 27.5 Å². The molecule has 48 heavy (non-hydrogen) atoms. The maximum atomic E-state index is 13.9. The van der Waals surface area contributed by atoms with Gasteiger partial charge in [-0.15, -0.1) is 0 Å². The number of carbonyl (C=O) groups is 1. The monoisotopic (exact) mass is 727 g/mol. The SMILES string of the molecule is C=CCOC(=O)[C@H]1O[C@@H](Oc2ccc(CO)cc2[N+](=O)[O-])[C@H](O[Si](C)(C)C(C)(C)C)[C@@H](O[Si](C)(C)C(C)(C)C)[C@H]1O[Si](C)(C)C(C)(C)C. The molecule has 1 fully saturated rings. The molecule has 14 heteroatoms. The molecule has 5 atom stereocenters. The number of nitrogens with zero attached hydrogens (tertiary/aromatic N) is 1. The van der Waals surface area contributed by atoms with Gasteiger partial charge in [-0.25, -0.2) is 4.79 Å². The second-order valence-electron chi connectivity index (χ2n) is 17.2. The summed E-state index contributed by atoms with van der Waals surface area (Å²) in [6, 6.07) is 4.21. The Hall–Kier alpha value is -1.92. The lowest BCUT2D eigenvalue weighted by molar-refractivity contribution is -0.387. The molecule has 0 saturated carbocycles. The summed E-state index contributed by atoms with van der Waals surface area (Å²) in [5.74, 6) is -0.786. The fourth-order valence-electron chi connectivity index (χ4n) is 4.29. The molecule has 0 aromatic heterocycles. The number of aliphatic hydroxyl groups is 1. The van der Waals surface area contributed by atoms with Gasteiger partial charge < -0.3 is 32.6 Å². The molecular formula is C34H61NO10Si3. The number of benzene rings is 1. The first-order chi connectivity index (χ1) is 21.6. The van der Waals surface area contributed by atoms with E-state index in [1.165, 1.54) is 24.3 Å². The zero-order valence-electron chi connectivity index (χ0n) is 31.9. The van der Waals surface area contributed by atoms with Crippen molar-refractivity contribution in [1.82, 2.24) is 0 Å². The average Bonchev–Trinajstić information content (AvgIpc) is 2.92. The van der Waals surface area contributed by atoms with Gasteiger partial charge in [0.15, 0.2) is 36.8 Å². The first-order valence-corrected chi connectivity index (χ1v) is 25.3. The highest BCUT2D eigenvalue weighted by atomic mass is 28.4. The molecule has 0 amide bonds. The molecule has 1 N–H and O–H groups in total. The van der Waals surface area contributed by atoms with E-state index in [2.05, 4.69) is 108 Å². The smallest absolute Gasteiger partial charge is 0.338 e. The number of rotatable bonds is 13. The van der Waals surface area contributed by atoms with Crippen molar-refractivity contribution in [2.24, 2.45) is 0 Å². The molecule has 1 aliphatic heterocycles. The Balaban J connectivity index is 2.96. The molecule has 0 spiro atoms. The standard InChI is InChI=1S/C34H61NO10Si3/c1-17-20-40-30(37)28-26(43-46(11,12)32(2,3)4)27(44-47(13,14)33(5,6)7)29(45-48(15,16)34(8,9)10)31(42-28)41-25-19-18-23(22-36)21-24(25)35(38)39/h17-19,21,26-29,31,36H,1,20,22H2,2-16H3/t26-,27+,28+,29-,31-/m1/s1. The number of hydrogen-bond donors (Lipinski definition) is 1. The highest BCUT2D eigenvalue weighted by molar-refractivity contribution is 6.75. The van der Waals surface area contributed by atoms with Crippen LogP contribution >= 0.6 is 0 Å². The van der Waals surface area contributed by atoms with Gasteiger partial charge >= 0.3 is 11.7 Å². The van der Waals surface area contributed by atoms with Crippen LogP contribution in [-0.4, -0.2) is 78.3 Å². The van der Waals surface area contributed by atoms with Gasteiger partial charge in [0.1, 0.15) is 24.9 Å². The number of esters is 1. The molecular weight excluding hydrogens is 667 g/mol. The van der Waals surface area contributed by atoms with Crippen molar-refractivity contribution in [3.05, 3.63) is 46.5 Å². The Morgan fingerprint density at radius 1 is 0.875 bits per heavy atom. The number of carbonyl (C=O) groups excluding carboxylic acids is 1. The lowest BCUT2D eigenvalue weighted by atomic mass is 9.99. The van der Waals surface area contributed by atoms with Crippen molar-refractivity contribution in [3.63, 3.8) is 0 Å². The summed E-state index contributed by atoms with van der Waals surface area (Å²) in [4.78, 5) is 25.5. The van der Waals surface area contributed by atoms with E-state index in [9.17, 15) is 20.0 Å². The third-order valence-electron chi connectivity index (χ3n) is 10.4. The Labute approximate surface area is 291 Å². The summed E-state index contributed by atoms with van der Waals surface area (Å²) >= 11 is 0. The van der Waals surface area contributed by atoms with Gasteiger partial charge in [0.05, 0.1) is 11.5 Å². The van der Waals surface area contributed by atoms with Gasteiger partial charge in [0.25, 0.3) is 0 Å². The molecule has 0 unspecified atom stereocenters. The summed E-state index contributed by atoms with van der Waals surface area (Å²) in [5.41, 5.74) is -0.0101. The molecule has 11 nitrogen and oxygen atoms in total. The highest BCUT2D eigenvalue weighted by Gasteiger charge is 2.59. The molecule has 0 aliphatic carbocycles. The van der Waals surface area contributed by atoms with E-state index in [1.54, 1.807) is 0 Å². The maximum absolute atomic E-state index is 13.9. The Bertz CT molecular complexity index is 1300. The number of nitro groups is 1. The lowest BCUT2D eigenvalue weighted by Gasteiger charge is -2.53. The van der Waals surface area contributed by atoms with E-state index in [0.29, 0.717) is 5.56 Å². The van der Waals surface area contributed by atoms with E-state index in [-0.39, 0.29) is 39.8 Å². The van der Waals surface area contributed by atoms with E-state index < -0.39 is 66.6 Å². The Morgan fingerprint density at radius 2 is 1.33 bits per heavy atom. The average molecular weight is 728 g/mol. The van der Waals surface area contributed by atoms with Crippen LogP contribution < -0.4 is 4.74 Å². The summed E-state index contributed by atoms with van der Waals surface area (Å²) in [7, 11) is -7.84. The minimum atomic E-state index is -2.62. The van der Waals surface area contributed by atoms with E-state index in [1.807, 2.05) is 0 Å². The lowest BCUT2D eigenvalue weighted by Crippen LogP contribution is -2.69. The molecule has 0 radical (unpaired) electrons. The third kappa shape index (κ3) is 9.86. The van der Waals surface area contributed by atoms with Crippen LogP contribution in [0.5, 0.6) is 5.75 Å². The van der Waals surface area contributed by atoms with Gasteiger partial charge in [-0.1, -0.05) is 81.0 Å². The van der Waals surface area contributed by atoms with Crippen LogP contribution in [0.25, 0.3) is 0 Å². The molecule has 1 heterocycles. The molecule has 0 bridgehead atoms. The Kier molecular flexibility index (Phi) is 13.3. The maximum Gasteiger partial charge on any atom is 0.338 e. The number of aliphatic hydroxyl groups excluding tert-OH is 1. The van der Waals surface area contributed by atoms with E-state index in [0.717, 1.165) is 0 Å². The topological polar surface area (TPSA) is 136 Å². The summed E-state index contributed by atoms with van der Waals surface area (Å²) in [5, 5.41) is 21.1. The van der Waals surface area contributed by atoms with Crippen molar-refractivity contribution in [2.75, 3.05) is 6.61 Å². The second kappa shape index (κ2) is 15.1. The van der Waals surface area contributed by atoms with Crippen molar-refractivity contribution in [1.29, 1.82) is 0 Å².